The fourth-order valence-corrected chi connectivity index (χ4v) is 2.98. The van der Waals surface area contributed by atoms with Crippen LogP contribution < -0.4 is 4.74 Å². The van der Waals surface area contributed by atoms with Crippen molar-refractivity contribution in [2.24, 2.45) is 0 Å². The highest BCUT2D eigenvalue weighted by molar-refractivity contribution is 9.10. The molecule has 0 aliphatic rings. The zero-order valence-electron chi connectivity index (χ0n) is 10.4. The molecule has 2 aromatic carbocycles. The van der Waals surface area contributed by atoms with Gasteiger partial charge in [0.15, 0.2) is 0 Å². The molecule has 2 aromatic rings. The lowest BCUT2D eigenvalue weighted by Gasteiger charge is -2.10. The van der Waals surface area contributed by atoms with Crippen LogP contribution in [0.4, 0.5) is 13.2 Å². The summed E-state index contributed by atoms with van der Waals surface area (Å²) >= 11 is 3.93. The number of thioether (sulfide) groups is 1. The molecule has 0 amide bonds. The van der Waals surface area contributed by atoms with Gasteiger partial charge >= 0.3 is 6.36 Å². The maximum Gasteiger partial charge on any atom is 0.573 e. The Morgan fingerprint density at radius 1 is 1.10 bits per heavy atom. The van der Waals surface area contributed by atoms with Crippen LogP contribution in [-0.2, 0) is 0 Å². The molecule has 110 valence electrons. The fraction of sp³-hybridized carbons (Fsp3) is 0.0714. The van der Waals surface area contributed by atoms with Crippen molar-refractivity contribution in [1.29, 1.82) is 0 Å². The molecule has 0 aromatic heterocycles. The summed E-state index contributed by atoms with van der Waals surface area (Å²) in [5.74, 6) is -0.375. The highest BCUT2D eigenvalue weighted by atomic mass is 79.9. The van der Waals surface area contributed by atoms with Crippen LogP contribution >= 0.6 is 27.7 Å². The van der Waals surface area contributed by atoms with E-state index in [2.05, 4.69) is 20.7 Å². The van der Waals surface area contributed by atoms with E-state index in [9.17, 15) is 18.0 Å². The Morgan fingerprint density at radius 2 is 1.76 bits per heavy atom. The second-order valence-corrected chi connectivity index (χ2v) is 5.89. The predicted molar refractivity (Wildman–Crippen MR) is 77.5 cm³/mol. The van der Waals surface area contributed by atoms with Crippen molar-refractivity contribution >= 4 is 32.8 Å². The van der Waals surface area contributed by atoms with Crippen molar-refractivity contribution in [1.82, 2.24) is 0 Å². The van der Waals surface area contributed by atoms with E-state index in [0.717, 1.165) is 11.8 Å². The van der Waals surface area contributed by atoms with Gasteiger partial charge in [-0.2, -0.15) is 0 Å². The predicted octanol–water partition coefficient (Wildman–Crippen LogP) is 5.28. The lowest BCUT2D eigenvalue weighted by Crippen LogP contribution is -2.17. The lowest BCUT2D eigenvalue weighted by molar-refractivity contribution is -0.274. The molecule has 0 fully saturated rings. The fourth-order valence-electron chi connectivity index (χ4n) is 1.53. The summed E-state index contributed by atoms with van der Waals surface area (Å²) in [5, 5.41) is -0.258. The van der Waals surface area contributed by atoms with E-state index in [0.29, 0.717) is 14.9 Å². The van der Waals surface area contributed by atoms with Gasteiger partial charge in [-0.15, -0.1) is 13.2 Å². The molecule has 7 heteroatoms. The number of benzene rings is 2. The minimum Gasteiger partial charge on any atom is -0.406 e. The largest absolute Gasteiger partial charge is 0.573 e. The number of hydrogen-bond acceptors (Lipinski definition) is 3. The second-order valence-electron chi connectivity index (χ2n) is 3.93. The van der Waals surface area contributed by atoms with Crippen molar-refractivity contribution in [2.45, 2.75) is 11.3 Å². The Bertz CT molecular complexity index is 644. The monoisotopic (exact) mass is 376 g/mol. The molecule has 0 unspecified atom stereocenters. The molecule has 21 heavy (non-hydrogen) atoms. The van der Waals surface area contributed by atoms with Gasteiger partial charge in [0, 0.05) is 14.9 Å². The molecule has 0 atom stereocenters. The van der Waals surface area contributed by atoms with E-state index in [1.54, 1.807) is 36.4 Å². The average Bonchev–Trinajstić information content (AvgIpc) is 2.36. The highest BCUT2D eigenvalue weighted by Gasteiger charge is 2.31. The van der Waals surface area contributed by atoms with Crippen molar-refractivity contribution in [3.8, 4) is 5.75 Å². The summed E-state index contributed by atoms with van der Waals surface area (Å²) in [4.78, 5) is 12.4. The molecular formula is C14H8BrF3O2S. The van der Waals surface area contributed by atoms with Crippen LogP contribution in [0.15, 0.2) is 57.9 Å². The maximum atomic E-state index is 12.2. The standard InChI is InChI=1S/C14H8BrF3O2S/c15-10-6-11(20-14(16,17)18)8-12(7-10)21-13(19)9-4-2-1-3-5-9/h1-8H. The van der Waals surface area contributed by atoms with Crippen LogP contribution in [0.2, 0.25) is 0 Å². The number of ether oxygens (including phenoxy) is 1. The van der Waals surface area contributed by atoms with Crippen LogP contribution in [0.3, 0.4) is 0 Å². The first-order valence-electron chi connectivity index (χ1n) is 5.67. The summed E-state index contributed by atoms with van der Waals surface area (Å²) in [7, 11) is 0. The van der Waals surface area contributed by atoms with E-state index in [4.69, 9.17) is 0 Å². The molecule has 0 bridgehead atoms. The van der Waals surface area contributed by atoms with Gasteiger partial charge in [-0.1, -0.05) is 46.3 Å². The van der Waals surface area contributed by atoms with Gasteiger partial charge in [0.1, 0.15) is 5.75 Å². The Morgan fingerprint density at radius 3 is 2.38 bits per heavy atom. The molecule has 0 radical (unpaired) electrons. The third kappa shape index (κ3) is 5.09. The summed E-state index contributed by atoms with van der Waals surface area (Å²) in [6, 6.07) is 12.4. The van der Waals surface area contributed by atoms with Gasteiger partial charge in [-0.25, -0.2) is 0 Å². The first-order chi connectivity index (χ1) is 9.83. The summed E-state index contributed by atoms with van der Waals surface area (Å²) < 4.78 is 40.9. The summed E-state index contributed by atoms with van der Waals surface area (Å²) in [6.07, 6.45) is -4.77. The van der Waals surface area contributed by atoms with Crippen LogP contribution in [0.25, 0.3) is 0 Å². The second kappa shape index (κ2) is 6.53. The molecule has 0 saturated carbocycles. The Labute approximate surface area is 131 Å². The highest BCUT2D eigenvalue weighted by Crippen LogP contribution is 2.32. The first-order valence-corrected chi connectivity index (χ1v) is 7.28. The van der Waals surface area contributed by atoms with Crippen LogP contribution in [0.5, 0.6) is 5.75 Å². The lowest BCUT2D eigenvalue weighted by atomic mass is 10.2. The summed E-state index contributed by atoms with van der Waals surface area (Å²) in [5.41, 5.74) is 0.473. The number of alkyl halides is 3. The van der Waals surface area contributed by atoms with Crippen LogP contribution in [0.1, 0.15) is 10.4 Å². The van der Waals surface area contributed by atoms with E-state index < -0.39 is 6.36 Å². The van der Waals surface area contributed by atoms with Crippen LogP contribution in [-0.4, -0.2) is 11.5 Å². The number of hydrogen-bond donors (Lipinski definition) is 0. The molecule has 0 aliphatic carbocycles. The van der Waals surface area contributed by atoms with Gasteiger partial charge in [0.05, 0.1) is 0 Å². The number of carbonyl (C=O) groups excluding carboxylic acids is 1. The van der Waals surface area contributed by atoms with Gasteiger partial charge in [-0.05, 0) is 30.0 Å². The molecule has 0 heterocycles. The van der Waals surface area contributed by atoms with E-state index >= 15 is 0 Å². The zero-order valence-corrected chi connectivity index (χ0v) is 12.8. The molecule has 0 saturated heterocycles. The Balaban J connectivity index is 2.19. The third-order valence-electron chi connectivity index (χ3n) is 2.30. The molecule has 0 aliphatic heterocycles. The Kier molecular flexibility index (Phi) is 4.95. The Hall–Kier alpha value is -1.47. The smallest absolute Gasteiger partial charge is 0.406 e. The van der Waals surface area contributed by atoms with E-state index in [1.807, 2.05) is 0 Å². The van der Waals surface area contributed by atoms with E-state index in [1.165, 1.54) is 12.1 Å². The van der Waals surface area contributed by atoms with Crippen molar-refractivity contribution in [3.05, 3.63) is 58.6 Å². The normalized spacial score (nSPS) is 11.2. The molecule has 2 rings (SSSR count). The van der Waals surface area contributed by atoms with Gasteiger partial charge < -0.3 is 4.74 Å². The van der Waals surface area contributed by atoms with Crippen LogP contribution in [0, 0.1) is 0 Å². The number of halogens is 4. The molecule has 2 nitrogen and oxygen atoms in total. The minimum atomic E-state index is -4.77. The van der Waals surface area contributed by atoms with Crippen molar-refractivity contribution in [3.63, 3.8) is 0 Å². The van der Waals surface area contributed by atoms with Gasteiger partial charge in [-0.3, -0.25) is 4.79 Å². The molecule has 0 N–H and O–H groups in total. The minimum absolute atomic E-state index is 0.258. The summed E-state index contributed by atoms with van der Waals surface area (Å²) in [6.45, 7) is 0. The number of rotatable bonds is 3. The molecular weight excluding hydrogens is 369 g/mol. The van der Waals surface area contributed by atoms with Crippen molar-refractivity contribution in [2.75, 3.05) is 0 Å². The van der Waals surface area contributed by atoms with Gasteiger partial charge in [0.25, 0.3) is 0 Å². The third-order valence-corrected chi connectivity index (χ3v) is 3.65. The van der Waals surface area contributed by atoms with Gasteiger partial charge in [0.2, 0.25) is 5.12 Å². The van der Waals surface area contributed by atoms with Crippen molar-refractivity contribution < 1.29 is 22.7 Å². The molecule has 0 spiro atoms. The average molecular weight is 377 g/mol. The zero-order chi connectivity index (χ0) is 15.5. The quantitative estimate of drug-likeness (QED) is 0.681. The van der Waals surface area contributed by atoms with E-state index in [-0.39, 0.29) is 10.9 Å². The maximum absolute atomic E-state index is 12.2. The SMILES string of the molecule is O=C(Sc1cc(Br)cc(OC(F)(F)F)c1)c1ccccc1. The topological polar surface area (TPSA) is 26.3 Å². The first kappa shape index (κ1) is 15.9. The number of carbonyl (C=O) groups is 1.